The molecule has 8 heavy (non-hydrogen) atoms. The molecule has 0 nitrogen and oxygen atoms in total. The lowest BCUT2D eigenvalue weighted by Gasteiger charge is -1.84. The summed E-state index contributed by atoms with van der Waals surface area (Å²) in [6, 6.07) is 0. The fourth-order valence-electron chi connectivity index (χ4n) is 0.727. The van der Waals surface area contributed by atoms with Gasteiger partial charge in [0.2, 0.25) is 0 Å². The van der Waals surface area contributed by atoms with Gasteiger partial charge >= 0.3 is 0 Å². The van der Waals surface area contributed by atoms with Gasteiger partial charge in [0.05, 0.1) is 0 Å². The van der Waals surface area contributed by atoms with E-state index in [4.69, 9.17) is 0 Å². The Hall–Kier alpha value is -0.260. The van der Waals surface area contributed by atoms with Crippen LogP contribution in [-0.2, 0) is 0 Å². The maximum absolute atomic E-state index is 3.77. The van der Waals surface area contributed by atoms with Crippen molar-refractivity contribution < 1.29 is 0 Å². The number of hydrogen-bond donors (Lipinski definition) is 0. The van der Waals surface area contributed by atoms with E-state index in [0.29, 0.717) is 0 Å². The monoisotopic (exact) mass is 109 g/mol. The summed E-state index contributed by atoms with van der Waals surface area (Å²) in [7, 11) is 0. The molecule has 1 radical (unpaired) electrons. The van der Waals surface area contributed by atoms with Gasteiger partial charge in [-0.05, 0) is 25.7 Å². The van der Waals surface area contributed by atoms with E-state index in [1.807, 2.05) is 0 Å². The first-order valence-corrected chi connectivity index (χ1v) is 3.40. The van der Waals surface area contributed by atoms with Crippen LogP contribution in [0.5, 0.6) is 0 Å². The van der Waals surface area contributed by atoms with Gasteiger partial charge in [0, 0.05) is 0 Å². The van der Waals surface area contributed by atoms with E-state index in [1.54, 1.807) is 5.57 Å². The van der Waals surface area contributed by atoms with Gasteiger partial charge in [-0.15, -0.1) is 0 Å². The summed E-state index contributed by atoms with van der Waals surface area (Å²) in [5.41, 5.74) is 1.67. The maximum Gasteiger partial charge on any atom is -0.0283 e. The van der Waals surface area contributed by atoms with Crippen LogP contribution in [0.2, 0.25) is 0 Å². The quantitative estimate of drug-likeness (QED) is 0.386. The van der Waals surface area contributed by atoms with Crippen molar-refractivity contribution in [2.24, 2.45) is 0 Å². The molecule has 0 saturated heterocycles. The molecule has 1 saturated carbocycles. The molecule has 0 aliphatic heterocycles. The molecule has 1 aliphatic rings. The SMILES string of the molecule is [CH2]CCCC=C1CC1. The Morgan fingerprint density at radius 1 is 1.50 bits per heavy atom. The fraction of sp³-hybridized carbons (Fsp3) is 0.625. The first-order valence-electron chi connectivity index (χ1n) is 3.40. The van der Waals surface area contributed by atoms with Gasteiger partial charge in [-0.2, -0.15) is 0 Å². The van der Waals surface area contributed by atoms with Crippen molar-refractivity contribution in [1.82, 2.24) is 0 Å². The minimum Gasteiger partial charge on any atom is -0.0853 e. The molecule has 0 bridgehead atoms. The highest BCUT2D eigenvalue weighted by molar-refractivity contribution is 5.15. The lowest BCUT2D eigenvalue weighted by Crippen LogP contribution is -1.64. The first kappa shape index (κ1) is 5.87. The summed E-state index contributed by atoms with van der Waals surface area (Å²) in [5, 5.41) is 0. The van der Waals surface area contributed by atoms with Crippen molar-refractivity contribution in [3.8, 4) is 0 Å². The van der Waals surface area contributed by atoms with E-state index < -0.39 is 0 Å². The summed E-state index contributed by atoms with van der Waals surface area (Å²) in [4.78, 5) is 0. The predicted molar refractivity (Wildman–Crippen MR) is 36.5 cm³/mol. The molecule has 0 aromatic rings. The highest BCUT2D eigenvalue weighted by Gasteiger charge is 2.08. The third kappa shape index (κ3) is 2.15. The van der Waals surface area contributed by atoms with Crippen LogP contribution in [0.25, 0.3) is 0 Å². The molecular weight excluding hydrogens is 96.1 g/mol. The number of hydrogen-bond acceptors (Lipinski definition) is 0. The average molecular weight is 109 g/mol. The van der Waals surface area contributed by atoms with Crippen molar-refractivity contribution in [2.45, 2.75) is 32.1 Å². The Labute approximate surface area is 51.6 Å². The summed E-state index contributed by atoms with van der Waals surface area (Å²) < 4.78 is 0. The van der Waals surface area contributed by atoms with E-state index in [2.05, 4.69) is 13.0 Å². The summed E-state index contributed by atoms with van der Waals surface area (Å²) in [6.07, 6.45) is 8.73. The number of unbranched alkanes of at least 4 members (excludes halogenated alkanes) is 2. The van der Waals surface area contributed by atoms with Gasteiger partial charge in [0.1, 0.15) is 0 Å². The highest BCUT2D eigenvalue weighted by atomic mass is 14.1. The van der Waals surface area contributed by atoms with Gasteiger partial charge in [-0.25, -0.2) is 0 Å². The van der Waals surface area contributed by atoms with E-state index >= 15 is 0 Å². The van der Waals surface area contributed by atoms with Crippen LogP contribution in [0.15, 0.2) is 11.6 Å². The molecule has 0 aromatic carbocycles. The Kier molecular flexibility index (Phi) is 2.13. The van der Waals surface area contributed by atoms with Crippen LogP contribution in [0.1, 0.15) is 32.1 Å². The van der Waals surface area contributed by atoms with Crippen molar-refractivity contribution in [3.63, 3.8) is 0 Å². The van der Waals surface area contributed by atoms with Crippen LogP contribution >= 0.6 is 0 Å². The molecule has 45 valence electrons. The molecule has 0 spiro atoms. The Balaban J connectivity index is 1.95. The average Bonchev–Trinajstić information content (AvgIpc) is 2.51. The molecule has 0 N–H and O–H groups in total. The molecular formula is C8H13. The zero-order valence-corrected chi connectivity index (χ0v) is 5.32. The van der Waals surface area contributed by atoms with E-state index in [9.17, 15) is 0 Å². The van der Waals surface area contributed by atoms with Crippen LogP contribution < -0.4 is 0 Å². The normalized spacial score (nSPS) is 16.4. The second-order valence-corrected chi connectivity index (χ2v) is 2.36. The van der Waals surface area contributed by atoms with Gasteiger partial charge in [-0.3, -0.25) is 0 Å². The second-order valence-electron chi connectivity index (χ2n) is 2.36. The smallest absolute Gasteiger partial charge is 0.0283 e. The molecule has 1 rings (SSSR count). The molecule has 0 unspecified atom stereocenters. The molecule has 0 atom stereocenters. The van der Waals surface area contributed by atoms with Gasteiger partial charge < -0.3 is 0 Å². The van der Waals surface area contributed by atoms with Gasteiger partial charge in [0.15, 0.2) is 0 Å². The third-order valence-electron chi connectivity index (χ3n) is 1.43. The Morgan fingerprint density at radius 3 is 2.75 bits per heavy atom. The zero-order chi connectivity index (χ0) is 5.82. The molecule has 1 fully saturated rings. The third-order valence-corrected chi connectivity index (χ3v) is 1.43. The standard InChI is InChI=1S/C8H13/c1-2-3-4-5-8-6-7-8/h5H,1-4,6-7H2. The summed E-state index contributed by atoms with van der Waals surface area (Å²) >= 11 is 0. The van der Waals surface area contributed by atoms with Gasteiger partial charge in [-0.1, -0.05) is 25.0 Å². The number of rotatable bonds is 3. The number of allylic oxidation sites excluding steroid dienone is 2. The van der Waals surface area contributed by atoms with Crippen molar-refractivity contribution >= 4 is 0 Å². The van der Waals surface area contributed by atoms with E-state index in [0.717, 1.165) is 6.42 Å². The molecule has 0 aromatic heterocycles. The molecule has 1 aliphatic carbocycles. The second kappa shape index (κ2) is 2.91. The van der Waals surface area contributed by atoms with E-state index in [-0.39, 0.29) is 0 Å². The van der Waals surface area contributed by atoms with Crippen molar-refractivity contribution in [2.75, 3.05) is 0 Å². The lowest BCUT2D eigenvalue weighted by molar-refractivity contribution is 0.864. The first-order chi connectivity index (χ1) is 3.93. The largest absolute Gasteiger partial charge is 0.0853 e. The van der Waals surface area contributed by atoms with Crippen LogP contribution in [0, 0.1) is 6.92 Å². The van der Waals surface area contributed by atoms with Crippen LogP contribution in [0.4, 0.5) is 0 Å². The Morgan fingerprint density at radius 2 is 2.25 bits per heavy atom. The zero-order valence-electron chi connectivity index (χ0n) is 5.32. The molecule has 0 amide bonds. The fourth-order valence-corrected chi connectivity index (χ4v) is 0.727. The molecule has 0 heteroatoms. The van der Waals surface area contributed by atoms with Crippen molar-refractivity contribution in [1.29, 1.82) is 0 Å². The van der Waals surface area contributed by atoms with Crippen molar-refractivity contribution in [3.05, 3.63) is 18.6 Å². The minimum atomic E-state index is 1.09. The minimum absolute atomic E-state index is 1.09. The van der Waals surface area contributed by atoms with Gasteiger partial charge in [0.25, 0.3) is 0 Å². The maximum atomic E-state index is 3.77. The predicted octanol–water partition coefficient (Wildman–Crippen LogP) is 2.71. The molecule has 0 heterocycles. The lowest BCUT2D eigenvalue weighted by atomic mass is 10.2. The Bertz CT molecular complexity index is 84.2. The highest BCUT2D eigenvalue weighted by Crippen LogP contribution is 2.28. The van der Waals surface area contributed by atoms with Crippen LogP contribution in [0.3, 0.4) is 0 Å². The summed E-state index contributed by atoms with van der Waals surface area (Å²) in [5.74, 6) is 0. The topological polar surface area (TPSA) is 0 Å². The van der Waals surface area contributed by atoms with E-state index in [1.165, 1.54) is 25.7 Å². The summed E-state index contributed by atoms with van der Waals surface area (Å²) in [6.45, 7) is 3.77. The van der Waals surface area contributed by atoms with Crippen LogP contribution in [-0.4, -0.2) is 0 Å².